The van der Waals surface area contributed by atoms with Crippen LogP contribution in [0.25, 0.3) is 0 Å². The molecule has 1 heterocycles. The van der Waals surface area contributed by atoms with Crippen LogP contribution in [0, 0.1) is 11.6 Å². The van der Waals surface area contributed by atoms with E-state index in [0.29, 0.717) is 11.5 Å². The normalized spacial score (nSPS) is 14.3. The minimum absolute atomic E-state index is 0.0377. The molecule has 0 aromatic heterocycles. The van der Waals surface area contributed by atoms with Crippen molar-refractivity contribution in [1.29, 1.82) is 0 Å². The summed E-state index contributed by atoms with van der Waals surface area (Å²) >= 11 is 0. The Bertz CT molecular complexity index is 1380. The molecule has 1 aliphatic heterocycles. The smallest absolute Gasteiger partial charge is 0.437 e. The minimum Gasteiger partial charge on any atom is -0.497 e. The third-order valence-electron chi connectivity index (χ3n) is 6.13. The number of benzene rings is 2. The van der Waals surface area contributed by atoms with E-state index in [2.05, 4.69) is 4.99 Å². The van der Waals surface area contributed by atoms with Gasteiger partial charge in [-0.1, -0.05) is 0 Å². The average molecular weight is 634 g/mol. The molecule has 1 aliphatic rings. The number of guanidine groups is 1. The van der Waals surface area contributed by atoms with Crippen molar-refractivity contribution < 1.29 is 42.1 Å². The van der Waals surface area contributed by atoms with Gasteiger partial charge in [0.25, 0.3) is 0 Å². The second-order valence-corrected chi connectivity index (χ2v) is 12.5. The molecule has 0 bridgehead atoms. The standard InChI is InChI=1S/C31H41F2N5O7/c1-30(2,3)44-27(39)34-26(37-18-35(7)28(40)36(8)19-37)38(29(41)45-31(4,5)6)16-20-14-24(32)23(25(33)15-20)17-43-22-12-10-21(42-9)11-13-22/h10-15H,16-19H2,1-9H3. The summed E-state index contributed by atoms with van der Waals surface area (Å²) in [5.41, 5.74) is -2.17. The van der Waals surface area contributed by atoms with Crippen molar-refractivity contribution >= 4 is 24.2 Å². The molecular weight excluding hydrogens is 592 g/mol. The van der Waals surface area contributed by atoms with Crippen LogP contribution in [0.2, 0.25) is 0 Å². The number of carbonyl (C=O) groups is 3. The summed E-state index contributed by atoms with van der Waals surface area (Å²) in [7, 11) is 4.58. The van der Waals surface area contributed by atoms with Gasteiger partial charge in [0.2, 0.25) is 5.96 Å². The lowest BCUT2D eigenvalue weighted by Crippen LogP contribution is -2.60. The van der Waals surface area contributed by atoms with Crippen molar-refractivity contribution in [1.82, 2.24) is 19.6 Å². The summed E-state index contributed by atoms with van der Waals surface area (Å²) in [4.78, 5) is 48.2. The SMILES string of the molecule is COc1ccc(OCc2c(F)cc(CN(C(=O)OC(C)(C)C)C(=NC(=O)OC(C)(C)C)N3CN(C)C(=O)N(C)C3)cc2F)cc1. The number of hydrogen-bond donors (Lipinski definition) is 0. The van der Waals surface area contributed by atoms with Crippen molar-refractivity contribution in [3.63, 3.8) is 0 Å². The number of ether oxygens (including phenoxy) is 4. The molecule has 0 radical (unpaired) electrons. The summed E-state index contributed by atoms with van der Waals surface area (Å²) in [5.74, 6) is -1.07. The van der Waals surface area contributed by atoms with Crippen molar-refractivity contribution in [3.8, 4) is 11.5 Å². The third kappa shape index (κ3) is 9.95. The predicted octanol–water partition coefficient (Wildman–Crippen LogP) is 5.79. The van der Waals surface area contributed by atoms with Crippen molar-refractivity contribution in [3.05, 3.63) is 59.2 Å². The molecule has 0 atom stereocenters. The average Bonchev–Trinajstić information content (AvgIpc) is 2.91. The number of rotatable bonds is 6. The number of amides is 4. The maximum Gasteiger partial charge on any atom is 0.437 e. The van der Waals surface area contributed by atoms with E-state index in [-0.39, 0.29) is 36.5 Å². The van der Waals surface area contributed by atoms with Gasteiger partial charge in [-0.2, -0.15) is 0 Å². The van der Waals surface area contributed by atoms with Crippen LogP contribution in [-0.4, -0.2) is 89.5 Å². The highest BCUT2D eigenvalue weighted by molar-refractivity contribution is 5.99. The first-order chi connectivity index (χ1) is 20.9. The fourth-order valence-electron chi connectivity index (χ4n) is 4.19. The fraction of sp³-hybridized carbons (Fsp3) is 0.484. The Morgan fingerprint density at radius 1 is 0.889 bits per heavy atom. The van der Waals surface area contributed by atoms with E-state index in [1.807, 2.05) is 0 Å². The third-order valence-corrected chi connectivity index (χ3v) is 6.13. The maximum atomic E-state index is 15.3. The Morgan fingerprint density at radius 3 is 1.89 bits per heavy atom. The number of carbonyl (C=O) groups excluding carboxylic acids is 3. The lowest BCUT2D eigenvalue weighted by atomic mass is 10.1. The minimum atomic E-state index is -1.02. The number of aliphatic imine (C=N–C) groups is 1. The van der Waals surface area contributed by atoms with Crippen LogP contribution >= 0.6 is 0 Å². The molecule has 3 rings (SSSR count). The Labute approximate surface area is 262 Å². The van der Waals surface area contributed by atoms with E-state index >= 15 is 8.78 Å². The second kappa shape index (κ2) is 14.0. The molecular formula is C31H41F2N5O7. The van der Waals surface area contributed by atoms with E-state index in [4.69, 9.17) is 18.9 Å². The highest BCUT2D eigenvalue weighted by Crippen LogP contribution is 2.24. The van der Waals surface area contributed by atoms with Gasteiger partial charge >= 0.3 is 18.2 Å². The van der Waals surface area contributed by atoms with Gasteiger partial charge in [-0.15, -0.1) is 4.99 Å². The predicted molar refractivity (Wildman–Crippen MR) is 162 cm³/mol. The second-order valence-electron chi connectivity index (χ2n) is 12.5. The molecule has 4 amide bonds. The number of halogens is 2. The van der Waals surface area contributed by atoms with E-state index in [9.17, 15) is 14.4 Å². The monoisotopic (exact) mass is 633 g/mol. The van der Waals surface area contributed by atoms with Gasteiger partial charge in [0.05, 0.1) is 32.6 Å². The van der Waals surface area contributed by atoms with Crippen molar-refractivity contribution in [2.45, 2.75) is 65.9 Å². The molecule has 0 aliphatic carbocycles. The molecule has 14 heteroatoms. The van der Waals surface area contributed by atoms with Crippen molar-refractivity contribution in [2.75, 3.05) is 34.5 Å². The number of hydrogen-bond acceptors (Lipinski definition) is 7. The molecule has 1 saturated heterocycles. The lowest BCUT2D eigenvalue weighted by Gasteiger charge is -2.42. The van der Waals surface area contributed by atoms with Crippen LogP contribution in [0.15, 0.2) is 41.4 Å². The largest absolute Gasteiger partial charge is 0.497 e. The quantitative estimate of drug-likeness (QED) is 0.290. The zero-order valence-corrected chi connectivity index (χ0v) is 27.1. The van der Waals surface area contributed by atoms with Crippen LogP contribution < -0.4 is 9.47 Å². The summed E-state index contributed by atoms with van der Waals surface area (Å²) in [6.45, 7) is 8.93. The van der Waals surface area contributed by atoms with Gasteiger partial charge in [0, 0.05) is 14.1 Å². The van der Waals surface area contributed by atoms with E-state index in [0.717, 1.165) is 17.0 Å². The molecule has 2 aromatic rings. The van der Waals surface area contributed by atoms with Gasteiger partial charge in [0.1, 0.15) is 40.9 Å². The van der Waals surface area contributed by atoms with Gasteiger partial charge < -0.3 is 33.6 Å². The molecule has 1 fully saturated rings. The zero-order valence-electron chi connectivity index (χ0n) is 27.1. The Kier molecular flexibility index (Phi) is 10.8. The number of methoxy groups -OCH3 is 1. The Hall–Kier alpha value is -4.62. The van der Waals surface area contributed by atoms with Gasteiger partial charge in [-0.3, -0.25) is 0 Å². The van der Waals surface area contributed by atoms with Crippen LogP contribution in [0.4, 0.5) is 23.2 Å². The van der Waals surface area contributed by atoms with E-state index in [1.54, 1.807) is 65.8 Å². The topological polar surface area (TPSA) is 113 Å². The van der Waals surface area contributed by atoms with Crippen LogP contribution in [-0.2, 0) is 22.6 Å². The number of urea groups is 1. The van der Waals surface area contributed by atoms with E-state index < -0.39 is 48.2 Å². The molecule has 0 spiro atoms. The summed E-state index contributed by atoms with van der Waals surface area (Å²) in [6, 6.07) is 8.35. The maximum absolute atomic E-state index is 15.3. The first-order valence-corrected chi connectivity index (χ1v) is 14.1. The molecule has 45 heavy (non-hydrogen) atoms. The Morgan fingerprint density at radius 2 is 1.40 bits per heavy atom. The molecule has 2 aromatic carbocycles. The number of nitrogens with zero attached hydrogens (tertiary/aromatic N) is 5. The molecule has 12 nitrogen and oxygen atoms in total. The highest BCUT2D eigenvalue weighted by atomic mass is 19.1. The van der Waals surface area contributed by atoms with Crippen LogP contribution in [0.5, 0.6) is 11.5 Å². The molecule has 246 valence electrons. The Balaban J connectivity index is 2.00. The highest BCUT2D eigenvalue weighted by Gasteiger charge is 2.35. The summed E-state index contributed by atoms with van der Waals surface area (Å²) in [5, 5.41) is 0. The van der Waals surface area contributed by atoms with Gasteiger partial charge in [-0.25, -0.2) is 28.1 Å². The first-order valence-electron chi connectivity index (χ1n) is 14.1. The van der Waals surface area contributed by atoms with Crippen molar-refractivity contribution in [2.24, 2.45) is 4.99 Å². The zero-order chi connectivity index (χ0) is 33.7. The molecule has 0 unspecified atom stereocenters. The van der Waals surface area contributed by atoms with Gasteiger partial charge in [0.15, 0.2) is 0 Å². The summed E-state index contributed by atoms with van der Waals surface area (Å²) < 4.78 is 52.3. The van der Waals surface area contributed by atoms with Crippen LogP contribution in [0.1, 0.15) is 52.7 Å². The summed E-state index contributed by atoms with van der Waals surface area (Å²) in [6.07, 6.45) is -1.96. The fourth-order valence-corrected chi connectivity index (χ4v) is 4.19. The molecule has 0 N–H and O–H groups in total. The lowest BCUT2D eigenvalue weighted by molar-refractivity contribution is 0.0300. The molecule has 0 saturated carbocycles. The van der Waals surface area contributed by atoms with E-state index in [1.165, 1.54) is 35.9 Å². The van der Waals surface area contributed by atoms with Crippen LogP contribution in [0.3, 0.4) is 0 Å². The first kappa shape index (κ1) is 34.9. The van der Waals surface area contributed by atoms with Gasteiger partial charge in [-0.05, 0) is 83.5 Å².